The summed E-state index contributed by atoms with van der Waals surface area (Å²) < 4.78 is 47.3. The molecule has 0 bridgehead atoms. The van der Waals surface area contributed by atoms with Gasteiger partial charge in [0.1, 0.15) is 44.7 Å². The van der Waals surface area contributed by atoms with Crippen molar-refractivity contribution >= 4 is 59.6 Å². The number of benzene rings is 2. The van der Waals surface area contributed by atoms with Crippen LogP contribution in [0.3, 0.4) is 0 Å². The van der Waals surface area contributed by atoms with Crippen LogP contribution in [0.25, 0.3) is 0 Å². The molecule has 776 valence electrons. The summed E-state index contributed by atoms with van der Waals surface area (Å²) in [5, 5.41) is 6.46. The number of carbonyl (C=O) groups is 10. The Labute approximate surface area is 827 Å². The van der Waals surface area contributed by atoms with Crippen LogP contribution in [-0.4, -0.2) is 163 Å². The van der Waals surface area contributed by atoms with E-state index >= 15 is 4.79 Å². The Morgan fingerprint density at radius 3 is 1.09 bits per heavy atom. The average Bonchev–Trinajstić information content (AvgIpc) is 1.60. The number of fused-ring (bicyclic) bond motifs is 1. The smallest absolute Gasteiger partial charge is 0.306 e. The number of hydrogen-bond acceptors (Lipinski definition) is 21. The maximum atomic E-state index is 15.7. The van der Waals surface area contributed by atoms with Crippen molar-refractivity contribution in [1.29, 1.82) is 0 Å². The second-order valence-corrected chi connectivity index (χ2v) is 40.4. The summed E-state index contributed by atoms with van der Waals surface area (Å²) in [5.41, 5.74) is 2.68. The highest BCUT2D eigenvalue weighted by Gasteiger charge is 2.41. The molecular formula is C114H187N5O18. The monoisotopic (exact) mass is 1910 g/mol. The highest BCUT2D eigenvalue weighted by atomic mass is 16.6. The Kier molecular flexibility index (Phi) is 68.0. The SMILES string of the molecule is CCCCCCCCCCCCCCCC(=O)OCC(COC(=O)CCCCCCCCCCCCCCC)OC(=O)CCC(=O)O[C@@H](C[C@@H](Cc1ccccc1)C(=O)N[C@H]1c2ccccc2C[C@H]1OC(=O)CCC(=O)OC(COC(=O)CCCCCCCCCCCCCCC)COC(=O)CCCCCCCCCCCCCCC)CN1CCN(Cc2cccnc2)C[C@H]1C(=O)NC(C)(C)C. The Hall–Kier alpha value is -7.79. The van der Waals surface area contributed by atoms with E-state index in [1.807, 2.05) is 92.4 Å². The van der Waals surface area contributed by atoms with Crippen LogP contribution in [0.5, 0.6) is 0 Å². The fourth-order valence-electron chi connectivity index (χ4n) is 18.5. The molecule has 2 aliphatic rings. The lowest BCUT2D eigenvalue weighted by Gasteiger charge is -2.42. The number of ether oxygens (including phenoxy) is 8. The van der Waals surface area contributed by atoms with E-state index in [-0.39, 0.29) is 83.8 Å². The van der Waals surface area contributed by atoms with E-state index in [0.29, 0.717) is 57.4 Å². The number of hydrogen-bond donors (Lipinski definition) is 2. The van der Waals surface area contributed by atoms with Crippen molar-refractivity contribution < 1.29 is 85.8 Å². The number of carbonyl (C=O) groups excluding carboxylic acids is 10. The van der Waals surface area contributed by atoms with Gasteiger partial charge < -0.3 is 48.5 Å². The standard InChI is InChI=1S/C114H187N5O18/c1-8-12-16-20-24-28-32-36-40-44-48-52-59-71-103(120)130-89-98(90-131-104(121)72-60-53-49-45-41-37-33-29-25-21-17-13-9-2)135-108(125)76-75-107(124)134-97(87-119-81-80-118(86-94-68-65-79-115-85-94)88-101(119)113(129)117-114(5,6)7)83-96(82-93-66-57-56-58-67-93)112(128)116-111-100-70-64-63-69-95(100)84-102(111)137-110(127)78-77-109(126)136-99(91-132-105(122)73-61-54-50-46-42-38-34-30-26-22-18-14-10-3)92-133-106(123)74-62-55-51-47-43-39-35-31-27-23-19-15-11-4/h56-58,63-70,79,85,96-99,101-102,111H,8-55,59-62,71-78,80-84,86-92H2,1-7H3,(H,116,128)(H,117,129)/t96-,97+,101+,102-,111+/m1/s1. The lowest BCUT2D eigenvalue weighted by molar-refractivity contribution is -0.168. The number of piperazine rings is 1. The van der Waals surface area contributed by atoms with E-state index in [0.717, 1.165) is 93.7 Å². The van der Waals surface area contributed by atoms with Crippen LogP contribution in [0.15, 0.2) is 79.1 Å². The van der Waals surface area contributed by atoms with Crippen LogP contribution in [-0.2, 0) is 105 Å². The third-order valence-corrected chi connectivity index (χ3v) is 26.6. The number of esters is 8. The maximum Gasteiger partial charge on any atom is 0.306 e. The zero-order valence-corrected chi connectivity index (χ0v) is 86.6. The van der Waals surface area contributed by atoms with E-state index in [2.05, 4.69) is 48.2 Å². The summed E-state index contributed by atoms with van der Waals surface area (Å²) in [4.78, 5) is 149. The van der Waals surface area contributed by atoms with Gasteiger partial charge in [-0.2, -0.15) is 0 Å². The molecular weight excluding hydrogens is 1730 g/mol. The zero-order valence-electron chi connectivity index (χ0n) is 86.6. The highest BCUT2D eigenvalue weighted by Crippen LogP contribution is 2.36. The zero-order chi connectivity index (χ0) is 98.7. The Morgan fingerprint density at radius 2 is 0.723 bits per heavy atom. The van der Waals surface area contributed by atoms with Crippen LogP contribution < -0.4 is 10.6 Å². The molecule has 5 atom stereocenters. The van der Waals surface area contributed by atoms with Crippen molar-refractivity contribution in [2.45, 2.75) is 502 Å². The first-order valence-corrected chi connectivity index (χ1v) is 55.1. The van der Waals surface area contributed by atoms with Crippen molar-refractivity contribution in [3.05, 3.63) is 101 Å². The second kappa shape index (κ2) is 77.9. The van der Waals surface area contributed by atoms with Crippen molar-refractivity contribution in [1.82, 2.24) is 25.4 Å². The quantitative estimate of drug-likeness (QED) is 0.0301. The normalized spacial score (nSPS) is 14.9. The summed E-state index contributed by atoms with van der Waals surface area (Å²) in [6, 6.07) is 19.1. The lowest BCUT2D eigenvalue weighted by atomic mass is 9.91. The van der Waals surface area contributed by atoms with Gasteiger partial charge in [-0.1, -0.05) is 397 Å². The van der Waals surface area contributed by atoms with Gasteiger partial charge in [-0.3, -0.25) is 62.7 Å². The first-order chi connectivity index (χ1) is 66.6. The van der Waals surface area contributed by atoms with Gasteiger partial charge in [-0.25, -0.2) is 0 Å². The Morgan fingerprint density at radius 1 is 0.380 bits per heavy atom. The fourth-order valence-corrected chi connectivity index (χ4v) is 18.5. The predicted molar refractivity (Wildman–Crippen MR) is 545 cm³/mol. The Balaban J connectivity index is 1.30. The predicted octanol–water partition coefficient (Wildman–Crippen LogP) is 25.5. The van der Waals surface area contributed by atoms with Crippen LogP contribution in [0, 0.1) is 5.92 Å². The number of pyridine rings is 1. The number of nitrogens with zero attached hydrogens (tertiary/aromatic N) is 3. The molecule has 1 aliphatic carbocycles. The Bertz CT molecular complexity index is 3580. The van der Waals surface area contributed by atoms with Gasteiger partial charge >= 0.3 is 47.8 Å². The van der Waals surface area contributed by atoms with Crippen molar-refractivity contribution in [2.24, 2.45) is 5.92 Å². The van der Waals surface area contributed by atoms with E-state index < -0.39 is 127 Å². The molecule has 2 heterocycles. The third-order valence-electron chi connectivity index (χ3n) is 26.6. The minimum atomic E-state index is -1.16. The average molecular weight is 1920 g/mol. The largest absolute Gasteiger partial charge is 0.462 e. The molecule has 2 N–H and O–H groups in total. The van der Waals surface area contributed by atoms with E-state index in [9.17, 15) is 43.2 Å². The lowest BCUT2D eigenvalue weighted by Crippen LogP contribution is -2.62. The molecule has 2 amide bonds. The molecule has 0 spiro atoms. The first kappa shape index (κ1) is 120. The molecule has 0 unspecified atom stereocenters. The van der Waals surface area contributed by atoms with Gasteiger partial charge in [-0.15, -0.1) is 0 Å². The minimum Gasteiger partial charge on any atom is -0.462 e. The number of amides is 2. The molecule has 1 fully saturated rings. The molecule has 23 heteroatoms. The van der Waals surface area contributed by atoms with Gasteiger partial charge in [0.2, 0.25) is 11.8 Å². The summed E-state index contributed by atoms with van der Waals surface area (Å²) >= 11 is 0. The minimum absolute atomic E-state index is 0.000195. The second-order valence-electron chi connectivity index (χ2n) is 40.4. The molecule has 1 aromatic heterocycles. The summed E-state index contributed by atoms with van der Waals surface area (Å²) in [7, 11) is 0. The summed E-state index contributed by atoms with van der Waals surface area (Å²) in [5.74, 6) is -6.55. The molecule has 5 rings (SSSR count). The summed E-state index contributed by atoms with van der Waals surface area (Å²) in [6.07, 6.45) is 58.9. The van der Waals surface area contributed by atoms with E-state index in [1.165, 1.54) is 231 Å². The van der Waals surface area contributed by atoms with Gasteiger partial charge in [0.05, 0.1) is 31.7 Å². The van der Waals surface area contributed by atoms with Crippen LogP contribution in [0.4, 0.5) is 0 Å². The molecule has 1 saturated heterocycles. The van der Waals surface area contributed by atoms with Crippen LogP contribution >= 0.6 is 0 Å². The van der Waals surface area contributed by atoms with Crippen molar-refractivity contribution in [3.8, 4) is 0 Å². The van der Waals surface area contributed by atoms with Gasteiger partial charge in [0.25, 0.3) is 0 Å². The molecule has 3 aromatic rings. The molecule has 23 nitrogen and oxygen atoms in total. The van der Waals surface area contributed by atoms with Gasteiger partial charge in [0.15, 0.2) is 12.2 Å². The van der Waals surface area contributed by atoms with E-state index in [1.54, 1.807) is 12.4 Å². The number of nitrogens with one attached hydrogen (secondary N) is 2. The third kappa shape index (κ3) is 60.8. The summed E-state index contributed by atoms with van der Waals surface area (Å²) in [6.45, 7) is 15.0. The maximum absolute atomic E-state index is 15.7. The molecule has 0 radical (unpaired) electrons. The molecule has 1 aliphatic heterocycles. The molecule has 137 heavy (non-hydrogen) atoms. The number of rotatable bonds is 85. The van der Waals surface area contributed by atoms with Gasteiger partial charge in [-0.05, 0) is 87.6 Å². The topological polar surface area (TPSA) is 288 Å². The highest BCUT2D eigenvalue weighted by molar-refractivity contribution is 5.83. The van der Waals surface area contributed by atoms with Crippen molar-refractivity contribution in [2.75, 3.05) is 52.6 Å². The fraction of sp³-hybridized carbons (Fsp3) is 0.763. The molecule has 2 aromatic carbocycles. The molecule has 0 saturated carbocycles. The van der Waals surface area contributed by atoms with Crippen LogP contribution in [0.2, 0.25) is 0 Å². The van der Waals surface area contributed by atoms with Crippen molar-refractivity contribution in [3.63, 3.8) is 0 Å². The number of aromatic nitrogens is 1. The first-order valence-electron chi connectivity index (χ1n) is 55.1. The van der Waals surface area contributed by atoms with Gasteiger partial charge in [0, 0.05) is 88.7 Å². The number of unbranched alkanes of at least 4 members (excludes halogenated alkanes) is 48. The van der Waals surface area contributed by atoms with E-state index in [4.69, 9.17) is 37.9 Å². The van der Waals surface area contributed by atoms with Crippen LogP contribution in [0.1, 0.15) is 468 Å².